The van der Waals surface area contributed by atoms with Crippen LogP contribution in [0.4, 0.5) is 0 Å². The van der Waals surface area contributed by atoms with Crippen LogP contribution in [0.5, 0.6) is 0 Å². The number of benzene rings is 2. The maximum absolute atomic E-state index is 12.4. The summed E-state index contributed by atoms with van der Waals surface area (Å²) in [7, 11) is 0. The molecule has 0 aliphatic carbocycles. The van der Waals surface area contributed by atoms with Gasteiger partial charge >= 0.3 is 0 Å². The number of hydrogen-bond donors (Lipinski definition) is 1. The van der Waals surface area contributed by atoms with Crippen molar-refractivity contribution in [1.82, 2.24) is 10.2 Å². The van der Waals surface area contributed by atoms with Gasteiger partial charge in [0.15, 0.2) is 0 Å². The summed E-state index contributed by atoms with van der Waals surface area (Å²) in [5.74, 6) is 6.25. The molecule has 1 N–H and O–H groups in total. The Morgan fingerprint density at radius 3 is 2.58 bits per heavy atom. The molecule has 0 unspecified atom stereocenters. The molecule has 26 heavy (non-hydrogen) atoms. The second kappa shape index (κ2) is 9.22. The molecule has 3 rings (SSSR count). The average Bonchev–Trinajstić information content (AvgIpc) is 2.69. The highest BCUT2D eigenvalue weighted by Crippen LogP contribution is 2.19. The van der Waals surface area contributed by atoms with Crippen LogP contribution in [0.1, 0.15) is 36.0 Å². The van der Waals surface area contributed by atoms with Crippen LogP contribution in [-0.4, -0.2) is 30.4 Å². The molecule has 0 bridgehead atoms. The van der Waals surface area contributed by atoms with Crippen LogP contribution < -0.4 is 5.32 Å². The zero-order chi connectivity index (χ0) is 18.2. The molecule has 0 fully saturated rings. The van der Waals surface area contributed by atoms with Crippen LogP contribution in [0, 0.1) is 11.8 Å². The fourth-order valence-corrected chi connectivity index (χ4v) is 3.43. The maximum atomic E-state index is 12.4. The molecule has 2 aromatic carbocycles. The van der Waals surface area contributed by atoms with Crippen molar-refractivity contribution in [2.75, 3.05) is 19.6 Å². The van der Waals surface area contributed by atoms with E-state index in [1.54, 1.807) is 0 Å². The van der Waals surface area contributed by atoms with E-state index in [0.717, 1.165) is 38.0 Å². The van der Waals surface area contributed by atoms with E-state index in [-0.39, 0.29) is 11.8 Å². The smallest absolute Gasteiger partial charge is 0.228 e. The Morgan fingerprint density at radius 2 is 1.81 bits per heavy atom. The third-order valence-electron chi connectivity index (χ3n) is 4.92. The molecule has 0 saturated heterocycles. The minimum atomic E-state index is -0.100. The molecule has 0 radical (unpaired) electrons. The average molecular weight is 346 g/mol. The third kappa shape index (κ3) is 4.74. The van der Waals surface area contributed by atoms with E-state index in [1.807, 2.05) is 37.3 Å². The first-order valence-corrected chi connectivity index (χ1v) is 9.35. The minimum absolute atomic E-state index is 0.0555. The normalized spacial score (nSPS) is 14.7. The fraction of sp³-hybridized carbons (Fsp3) is 0.348. The quantitative estimate of drug-likeness (QED) is 0.842. The molecule has 3 nitrogen and oxygen atoms in total. The highest BCUT2D eigenvalue weighted by molar-refractivity contribution is 5.83. The Hall–Kier alpha value is -2.57. The van der Waals surface area contributed by atoms with Gasteiger partial charge in [-0.25, -0.2) is 0 Å². The zero-order valence-electron chi connectivity index (χ0n) is 15.4. The summed E-state index contributed by atoms with van der Waals surface area (Å²) < 4.78 is 0. The topological polar surface area (TPSA) is 32.3 Å². The first-order valence-electron chi connectivity index (χ1n) is 9.35. The lowest BCUT2D eigenvalue weighted by atomic mass is 9.96. The summed E-state index contributed by atoms with van der Waals surface area (Å²) in [5, 5.41) is 2.95. The molecule has 0 spiro atoms. The molecule has 1 aliphatic rings. The van der Waals surface area contributed by atoms with Gasteiger partial charge in [-0.3, -0.25) is 9.69 Å². The summed E-state index contributed by atoms with van der Waals surface area (Å²) in [5.41, 5.74) is 3.92. The van der Waals surface area contributed by atoms with Gasteiger partial charge in [0.2, 0.25) is 5.91 Å². The van der Waals surface area contributed by atoms with Crippen molar-refractivity contribution in [2.45, 2.75) is 32.2 Å². The van der Waals surface area contributed by atoms with Crippen LogP contribution in [-0.2, 0) is 17.8 Å². The monoisotopic (exact) mass is 346 g/mol. The van der Waals surface area contributed by atoms with Gasteiger partial charge in [0.05, 0.1) is 19.0 Å². The van der Waals surface area contributed by atoms with Crippen molar-refractivity contribution in [2.24, 2.45) is 0 Å². The van der Waals surface area contributed by atoms with Gasteiger partial charge < -0.3 is 5.32 Å². The van der Waals surface area contributed by atoms with Gasteiger partial charge in [0, 0.05) is 13.1 Å². The van der Waals surface area contributed by atoms with Crippen molar-refractivity contribution in [3.63, 3.8) is 0 Å². The van der Waals surface area contributed by atoms with Gasteiger partial charge in [-0.05, 0) is 29.5 Å². The molecule has 2 aromatic rings. The minimum Gasteiger partial charge on any atom is -0.345 e. The zero-order valence-corrected chi connectivity index (χ0v) is 15.4. The summed E-state index contributed by atoms with van der Waals surface area (Å²) >= 11 is 0. The standard InChI is InChI=1S/C23H26N2O/c1-2-22(20-11-4-3-5-12-20)23(26)24-15-8-9-16-25-17-14-19-10-6-7-13-21(19)18-25/h3-7,10-13,22H,2,14-18H2,1H3,(H,24,26)/t22-/m1/s1. The SMILES string of the molecule is CC[C@@H](C(=O)NCC#CCN1CCc2ccccc2C1)c1ccccc1. The lowest BCUT2D eigenvalue weighted by Crippen LogP contribution is -2.31. The number of fused-ring (bicyclic) bond motifs is 1. The van der Waals surface area contributed by atoms with Crippen molar-refractivity contribution < 1.29 is 4.79 Å². The van der Waals surface area contributed by atoms with Crippen LogP contribution in [0.25, 0.3) is 0 Å². The van der Waals surface area contributed by atoms with E-state index >= 15 is 0 Å². The molecule has 1 amide bonds. The van der Waals surface area contributed by atoms with Crippen molar-refractivity contribution in [3.05, 3.63) is 71.3 Å². The Labute approximate surface area is 156 Å². The summed E-state index contributed by atoms with van der Waals surface area (Å²) in [6.07, 6.45) is 1.88. The van der Waals surface area contributed by atoms with Gasteiger partial charge in [-0.1, -0.05) is 73.4 Å². The molecule has 1 atom stereocenters. The molecule has 1 aliphatic heterocycles. The second-order valence-electron chi connectivity index (χ2n) is 6.67. The predicted molar refractivity (Wildman–Crippen MR) is 106 cm³/mol. The Morgan fingerprint density at radius 1 is 1.08 bits per heavy atom. The lowest BCUT2D eigenvalue weighted by molar-refractivity contribution is -0.122. The van der Waals surface area contributed by atoms with E-state index in [0.29, 0.717) is 6.54 Å². The largest absolute Gasteiger partial charge is 0.345 e. The van der Waals surface area contributed by atoms with Crippen molar-refractivity contribution in [3.8, 4) is 11.8 Å². The predicted octanol–water partition coefficient (Wildman–Crippen LogP) is 3.36. The van der Waals surface area contributed by atoms with Crippen LogP contribution in [0.15, 0.2) is 54.6 Å². The number of rotatable bonds is 5. The van der Waals surface area contributed by atoms with Crippen LogP contribution in [0.3, 0.4) is 0 Å². The first kappa shape index (κ1) is 18.2. The first-order chi connectivity index (χ1) is 12.8. The third-order valence-corrected chi connectivity index (χ3v) is 4.92. The summed E-state index contributed by atoms with van der Waals surface area (Å²) in [6, 6.07) is 18.5. The number of nitrogens with zero attached hydrogens (tertiary/aromatic N) is 1. The van der Waals surface area contributed by atoms with E-state index in [2.05, 4.69) is 46.3 Å². The Bertz CT molecular complexity index is 789. The second-order valence-corrected chi connectivity index (χ2v) is 6.67. The van der Waals surface area contributed by atoms with E-state index in [1.165, 1.54) is 11.1 Å². The molecular formula is C23H26N2O. The molecule has 0 aromatic heterocycles. The number of carbonyl (C=O) groups is 1. The van der Waals surface area contributed by atoms with Gasteiger partial charge in [-0.2, -0.15) is 0 Å². The molecule has 1 heterocycles. The van der Waals surface area contributed by atoms with Crippen LogP contribution >= 0.6 is 0 Å². The summed E-state index contributed by atoms with van der Waals surface area (Å²) in [6.45, 7) is 5.21. The fourth-order valence-electron chi connectivity index (χ4n) is 3.43. The molecule has 3 heteroatoms. The number of carbonyl (C=O) groups excluding carboxylic acids is 1. The highest BCUT2D eigenvalue weighted by atomic mass is 16.1. The highest BCUT2D eigenvalue weighted by Gasteiger charge is 2.17. The molecule has 134 valence electrons. The number of hydrogen-bond acceptors (Lipinski definition) is 2. The van der Waals surface area contributed by atoms with Gasteiger partial charge in [0.1, 0.15) is 0 Å². The van der Waals surface area contributed by atoms with E-state index in [4.69, 9.17) is 0 Å². The Kier molecular flexibility index (Phi) is 6.46. The summed E-state index contributed by atoms with van der Waals surface area (Å²) in [4.78, 5) is 14.7. The molecule has 0 saturated carbocycles. The van der Waals surface area contributed by atoms with Gasteiger partial charge in [-0.15, -0.1) is 0 Å². The van der Waals surface area contributed by atoms with Crippen LogP contribution in [0.2, 0.25) is 0 Å². The Balaban J connectivity index is 1.45. The maximum Gasteiger partial charge on any atom is 0.228 e. The molecular weight excluding hydrogens is 320 g/mol. The lowest BCUT2D eigenvalue weighted by Gasteiger charge is -2.26. The van der Waals surface area contributed by atoms with E-state index in [9.17, 15) is 4.79 Å². The van der Waals surface area contributed by atoms with Crippen molar-refractivity contribution in [1.29, 1.82) is 0 Å². The van der Waals surface area contributed by atoms with E-state index < -0.39 is 0 Å². The van der Waals surface area contributed by atoms with Crippen molar-refractivity contribution >= 4 is 5.91 Å². The number of nitrogens with one attached hydrogen (secondary N) is 1. The van der Waals surface area contributed by atoms with Gasteiger partial charge in [0.25, 0.3) is 0 Å². The number of amides is 1.